The molecule has 0 aliphatic rings. The highest BCUT2D eigenvalue weighted by atomic mass is 16.5. The Balaban J connectivity index is 1.55. The maximum Gasteiger partial charge on any atom is 0.229 e. The number of nitrogens with zero attached hydrogens (tertiary/aromatic N) is 3. The molecule has 2 N–H and O–H groups in total. The van der Waals surface area contributed by atoms with Crippen molar-refractivity contribution in [1.29, 1.82) is 0 Å². The van der Waals surface area contributed by atoms with Crippen LogP contribution >= 0.6 is 0 Å². The molecule has 0 aliphatic carbocycles. The predicted octanol–water partition coefficient (Wildman–Crippen LogP) is 4.53. The number of ether oxygens (including phenoxy) is 2. The van der Waals surface area contributed by atoms with Crippen LogP contribution in [0.25, 0.3) is 10.9 Å². The zero-order valence-electron chi connectivity index (χ0n) is 15.5. The summed E-state index contributed by atoms with van der Waals surface area (Å²) in [5.41, 5.74) is 2.57. The Morgan fingerprint density at radius 1 is 0.786 bits per heavy atom. The van der Waals surface area contributed by atoms with Crippen LogP contribution in [0.15, 0.2) is 67.0 Å². The summed E-state index contributed by atoms with van der Waals surface area (Å²) in [5, 5.41) is 7.49. The smallest absolute Gasteiger partial charge is 0.229 e. The maximum atomic E-state index is 5.29. The summed E-state index contributed by atoms with van der Waals surface area (Å²) < 4.78 is 10.6. The molecule has 2 aromatic carbocycles. The molecule has 0 spiro atoms. The molecule has 0 aliphatic heterocycles. The van der Waals surface area contributed by atoms with E-state index in [4.69, 9.17) is 9.47 Å². The summed E-state index contributed by atoms with van der Waals surface area (Å²) in [6.07, 6.45) is 3.47. The minimum atomic E-state index is 0.453. The van der Waals surface area contributed by atoms with Crippen LogP contribution in [0.5, 0.6) is 11.5 Å². The minimum absolute atomic E-state index is 0.453. The van der Waals surface area contributed by atoms with Crippen molar-refractivity contribution in [2.75, 3.05) is 24.9 Å². The Morgan fingerprint density at radius 3 is 2.36 bits per heavy atom. The van der Waals surface area contributed by atoms with E-state index in [0.29, 0.717) is 23.3 Å². The molecule has 28 heavy (non-hydrogen) atoms. The average Bonchev–Trinajstić information content (AvgIpc) is 2.73. The molecule has 2 aromatic heterocycles. The molecule has 7 nitrogen and oxygen atoms in total. The standard InChI is InChI=1S/C21H19N5O2/c1-27-17-10-15(11-18(12-17)28-2)25-21-22-8-7-20(26-21)24-16-9-14-5-3-4-6-19(14)23-13-16/h3-13H,1-2H3,(H2,22,24,25,26). The highest BCUT2D eigenvalue weighted by molar-refractivity contribution is 5.82. The first kappa shape index (κ1) is 17.5. The van der Waals surface area contributed by atoms with Crippen LogP contribution in [-0.2, 0) is 0 Å². The van der Waals surface area contributed by atoms with Crippen molar-refractivity contribution in [3.05, 3.63) is 67.0 Å². The average molecular weight is 373 g/mol. The lowest BCUT2D eigenvalue weighted by molar-refractivity contribution is 0.395. The van der Waals surface area contributed by atoms with Crippen LogP contribution in [0, 0.1) is 0 Å². The van der Waals surface area contributed by atoms with Gasteiger partial charge in [0.05, 0.1) is 31.6 Å². The van der Waals surface area contributed by atoms with Crippen molar-refractivity contribution in [1.82, 2.24) is 15.0 Å². The number of para-hydroxylation sites is 1. The second-order valence-corrected chi connectivity index (χ2v) is 6.03. The first-order chi connectivity index (χ1) is 13.7. The summed E-state index contributed by atoms with van der Waals surface area (Å²) in [7, 11) is 3.22. The Kier molecular flexibility index (Phi) is 4.88. The molecule has 0 atom stereocenters. The van der Waals surface area contributed by atoms with Crippen LogP contribution in [0.3, 0.4) is 0 Å². The van der Waals surface area contributed by atoms with E-state index in [9.17, 15) is 0 Å². The monoisotopic (exact) mass is 373 g/mol. The first-order valence-corrected chi connectivity index (χ1v) is 8.68. The number of anilines is 4. The second-order valence-electron chi connectivity index (χ2n) is 6.03. The number of rotatable bonds is 6. The fourth-order valence-corrected chi connectivity index (χ4v) is 2.78. The Hall–Kier alpha value is -3.87. The van der Waals surface area contributed by atoms with Gasteiger partial charge in [0.25, 0.3) is 0 Å². The van der Waals surface area contributed by atoms with Gasteiger partial charge in [-0.25, -0.2) is 4.98 Å². The number of methoxy groups -OCH3 is 2. The van der Waals surface area contributed by atoms with E-state index in [2.05, 4.69) is 25.6 Å². The quantitative estimate of drug-likeness (QED) is 0.514. The number of fused-ring (bicyclic) bond motifs is 1. The molecule has 0 bridgehead atoms. The largest absolute Gasteiger partial charge is 0.497 e. The molecule has 0 saturated heterocycles. The van der Waals surface area contributed by atoms with Gasteiger partial charge < -0.3 is 20.1 Å². The highest BCUT2D eigenvalue weighted by Gasteiger charge is 2.06. The molecule has 7 heteroatoms. The molecular weight excluding hydrogens is 354 g/mol. The van der Waals surface area contributed by atoms with E-state index >= 15 is 0 Å². The maximum absolute atomic E-state index is 5.29. The molecule has 140 valence electrons. The molecule has 0 unspecified atom stereocenters. The highest BCUT2D eigenvalue weighted by Crippen LogP contribution is 2.27. The lowest BCUT2D eigenvalue weighted by Crippen LogP contribution is -2.01. The van der Waals surface area contributed by atoms with Gasteiger partial charge in [-0.05, 0) is 18.2 Å². The summed E-state index contributed by atoms with van der Waals surface area (Å²) in [4.78, 5) is 13.2. The van der Waals surface area contributed by atoms with E-state index in [0.717, 1.165) is 22.3 Å². The molecule has 0 amide bonds. The van der Waals surface area contributed by atoms with Gasteiger partial charge >= 0.3 is 0 Å². The number of nitrogens with one attached hydrogen (secondary N) is 2. The van der Waals surface area contributed by atoms with Gasteiger partial charge in [-0.3, -0.25) is 4.98 Å². The molecule has 0 saturated carbocycles. The van der Waals surface area contributed by atoms with Gasteiger partial charge in [0.1, 0.15) is 17.3 Å². The minimum Gasteiger partial charge on any atom is -0.497 e. The molecule has 2 heterocycles. The van der Waals surface area contributed by atoms with E-state index in [-0.39, 0.29) is 0 Å². The second kappa shape index (κ2) is 7.79. The fourth-order valence-electron chi connectivity index (χ4n) is 2.78. The van der Waals surface area contributed by atoms with Crippen LogP contribution in [-0.4, -0.2) is 29.2 Å². The number of hydrogen-bond donors (Lipinski definition) is 2. The van der Waals surface area contributed by atoms with Gasteiger partial charge in [-0.15, -0.1) is 0 Å². The third kappa shape index (κ3) is 3.93. The number of pyridine rings is 1. The van der Waals surface area contributed by atoms with Crippen LogP contribution in [0.4, 0.5) is 23.1 Å². The van der Waals surface area contributed by atoms with Crippen LogP contribution < -0.4 is 20.1 Å². The summed E-state index contributed by atoms with van der Waals surface area (Å²) in [6, 6.07) is 17.3. The van der Waals surface area contributed by atoms with E-state index in [1.165, 1.54) is 0 Å². The number of hydrogen-bond acceptors (Lipinski definition) is 7. The Bertz CT molecular complexity index is 1090. The number of benzene rings is 2. The van der Waals surface area contributed by atoms with E-state index < -0.39 is 0 Å². The van der Waals surface area contributed by atoms with Crippen molar-refractivity contribution in [2.24, 2.45) is 0 Å². The van der Waals surface area contributed by atoms with Gasteiger partial charge in [0.2, 0.25) is 5.95 Å². The predicted molar refractivity (Wildman–Crippen MR) is 110 cm³/mol. The Morgan fingerprint density at radius 2 is 1.57 bits per heavy atom. The normalized spacial score (nSPS) is 10.5. The van der Waals surface area contributed by atoms with Crippen molar-refractivity contribution in [3.63, 3.8) is 0 Å². The summed E-state index contributed by atoms with van der Waals surface area (Å²) in [5.74, 6) is 2.47. The lowest BCUT2D eigenvalue weighted by Gasteiger charge is -2.11. The summed E-state index contributed by atoms with van der Waals surface area (Å²) in [6.45, 7) is 0. The van der Waals surface area contributed by atoms with Crippen LogP contribution in [0.2, 0.25) is 0 Å². The van der Waals surface area contributed by atoms with Crippen molar-refractivity contribution in [2.45, 2.75) is 0 Å². The zero-order valence-corrected chi connectivity index (χ0v) is 15.5. The van der Waals surface area contributed by atoms with Crippen molar-refractivity contribution in [3.8, 4) is 11.5 Å². The Labute approximate surface area is 162 Å². The number of aromatic nitrogens is 3. The molecule has 4 rings (SSSR count). The van der Waals surface area contributed by atoms with Gasteiger partial charge in [0, 0.05) is 35.5 Å². The van der Waals surface area contributed by atoms with Gasteiger partial charge in [-0.2, -0.15) is 4.98 Å². The van der Waals surface area contributed by atoms with Gasteiger partial charge in [0.15, 0.2) is 0 Å². The lowest BCUT2D eigenvalue weighted by atomic mass is 10.2. The topological polar surface area (TPSA) is 81.2 Å². The molecule has 0 radical (unpaired) electrons. The first-order valence-electron chi connectivity index (χ1n) is 8.68. The van der Waals surface area contributed by atoms with Crippen LogP contribution in [0.1, 0.15) is 0 Å². The fraction of sp³-hybridized carbons (Fsp3) is 0.0952. The molecule has 4 aromatic rings. The van der Waals surface area contributed by atoms with Crippen molar-refractivity contribution >= 4 is 34.0 Å². The SMILES string of the molecule is COc1cc(Nc2nccc(Nc3cnc4ccccc4c3)n2)cc(OC)c1. The molecular formula is C21H19N5O2. The zero-order chi connectivity index (χ0) is 19.3. The van der Waals surface area contributed by atoms with E-state index in [1.54, 1.807) is 38.7 Å². The van der Waals surface area contributed by atoms with Gasteiger partial charge in [-0.1, -0.05) is 18.2 Å². The van der Waals surface area contributed by atoms with Crippen molar-refractivity contribution < 1.29 is 9.47 Å². The van der Waals surface area contributed by atoms with E-state index in [1.807, 2.05) is 42.5 Å². The summed E-state index contributed by atoms with van der Waals surface area (Å²) >= 11 is 0. The third-order valence-electron chi connectivity index (χ3n) is 4.13. The molecule has 0 fully saturated rings. The third-order valence-corrected chi connectivity index (χ3v) is 4.13.